The van der Waals surface area contributed by atoms with Gasteiger partial charge in [-0.3, -0.25) is 9.59 Å². The van der Waals surface area contributed by atoms with Gasteiger partial charge in [-0.2, -0.15) is 0 Å². The van der Waals surface area contributed by atoms with Crippen LogP contribution < -0.4 is 10.6 Å². The first-order valence-corrected chi connectivity index (χ1v) is 4.12. The van der Waals surface area contributed by atoms with Crippen LogP contribution in [0.25, 0.3) is 0 Å². The lowest BCUT2D eigenvalue weighted by molar-refractivity contribution is -0.124. The molecule has 1 heterocycles. The maximum absolute atomic E-state index is 10.9. The summed E-state index contributed by atoms with van der Waals surface area (Å²) >= 11 is 0. The van der Waals surface area contributed by atoms with Crippen molar-refractivity contribution in [3.05, 3.63) is 12.7 Å². The van der Waals surface area contributed by atoms with Crippen molar-refractivity contribution in [3.8, 4) is 0 Å². The average Bonchev–Trinajstić information content (AvgIpc) is 2.18. The Labute approximate surface area is 76.8 Å². The molecular formula is C8H13N3O2. The molecule has 0 saturated carbocycles. The minimum atomic E-state index is -0.263. The van der Waals surface area contributed by atoms with Crippen LogP contribution in [0.3, 0.4) is 0 Å². The number of hydrogen-bond donors (Lipinski definition) is 2. The van der Waals surface area contributed by atoms with E-state index in [-0.39, 0.29) is 12.1 Å². The van der Waals surface area contributed by atoms with Crippen LogP contribution in [0.1, 0.15) is 0 Å². The maximum atomic E-state index is 10.9. The van der Waals surface area contributed by atoms with E-state index in [2.05, 4.69) is 17.2 Å². The first-order valence-electron chi connectivity index (χ1n) is 4.12. The maximum Gasteiger partial charge on any atom is 0.245 e. The third-order valence-electron chi connectivity index (χ3n) is 1.91. The summed E-state index contributed by atoms with van der Waals surface area (Å²) in [6.07, 6.45) is 1.68. The fourth-order valence-electron chi connectivity index (χ4n) is 1.20. The van der Waals surface area contributed by atoms with Crippen molar-refractivity contribution in [2.24, 2.45) is 0 Å². The van der Waals surface area contributed by atoms with E-state index in [9.17, 15) is 9.59 Å². The van der Waals surface area contributed by atoms with Crippen molar-refractivity contribution in [3.63, 3.8) is 0 Å². The molecule has 0 aromatic carbocycles. The quantitative estimate of drug-likeness (QED) is 0.421. The third kappa shape index (κ3) is 2.55. The van der Waals surface area contributed by atoms with Crippen molar-refractivity contribution in [2.75, 3.05) is 19.6 Å². The molecule has 72 valence electrons. The van der Waals surface area contributed by atoms with E-state index >= 15 is 0 Å². The molecule has 2 N–H and O–H groups in total. The highest BCUT2D eigenvalue weighted by Crippen LogP contribution is 1.96. The second-order valence-electron chi connectivity index (χ2n) is 2.78. The molecule has 1 fully saturated rings. The molecule has 5 heteroatoms. The molecule has 1 atom stereocenters. The molecule has 0 aliphatic carbocycles. The molecule has 2 amide bonds. The lowest BCUT2D eigenvalue weighted by Gasteiger charge is -2.33. The third-order valence-corrected chi connectivity index (χ3v) is 1.91. The van der Waals surface area contributed by atoms with Gasteiger partial charge in [-0.15, -0.1) is 0 Å². The molecule has 5 nitrogen and oxygen atoms in total. The molecular weight excluding hydrogens is 170 g/mol. The fraction of sp³-hybridized carbons (Fsp3) is 0.500. The number of rotatable bonds is 3. The van der Waals surface area contributed by atoms with Gasteiger partial charge in [0, 0.05) is 19.6 Å². The standard InChI is InChI=1S/C8H13N3O2/c1-2-8(13)10-7-5-9-3-4-11(7)6-12/h2,6-7,9H,1,3-5H2,(H,10,13). The number of piperazine rings is 1. The van der Waals surface area contributed by atoms with E-state index in [1.165, 1.54) is 6.08 Å². The Morgan fingerprint density at radius 2 is 2.46 bits per heavy atom. The van der Waals surface area contributed by atoms with E-state index in [0.717, 1.165) is 13.0 Å². The lowest BCUT2D eigenvalue weighted by atomic mass is 10.3. The summed E-state index contributed by atoms with van der Waals surface area (Å²) in [5.74, 6) is -0.263. The zero-order chi connectivity index (χ0) is 9.68. The summed E-state index contributed by atoms with van der Waals surface area (Å²) in [7, 11) is 0. The van der Waals surface area contributed by atoms with Gasteiger partial charge in [-0.05, 0) is 6.08 Å². The van der Waals surface area contributed by atoms with E-state index in [4.69, 9.17) is 0 Å². The highest BCUT2D eigenvalue weighted by Gasteiger charge is 2.20. The van der Waals surface area contributed by atoms with E-state index < -0.39 is 0 Å². The zero-order valence-electron chi connectivity index (χ0n) is 7.32. The summed E-state index contributed by atoms with van der Waals surface area (Å²) in [5, 5.41) is 5.72. The van der Waals surface area contributed by atoms with Crippen LogP contribution in [0.15, 0.2) is 12.7 Å². The van der Waals surface area contributed by atoms with Gasteiger partial charge in [0.1, 0.15) is 6.17 Å². The minimum absolute atomic E-state index is 0.253. The van der Waals surface area contributed by atoms with Gasteiger partial charge >= 0.3 is 0 Å². The lowest BCUT2D eigenvalue weighted by Crippen LogP contribution is -2.58. The number of carbonyl (C=O) groups excluding carboxylic acids is 2. The molecule has 1 aliphatic rings. The van der Waals surface area contributed by atoms with Crippen LogP contribution in [0.5, 0.6) is 0 Å². The number of nitrogens with zero attached hydrogens (tertiary/aromatic N) is 1. The molecule has 13 heavy (non-hydrogen) atoms. The molecule has 0 aromatic heterocycles. The first kappa shape index (κ1) is 9.73. The fourth-order valence-corrected chi connectivity index (χ4v) is 1.20. The SMILES string of the molecule is C=CC(=O)NC1CNCCN1C=O. The summed E-state index contributed by atoms with van der Waals surface area (Å²) in [6.45, 7) is 5.30. The highest BCUT2D eigenvalue weighted by molar-refractivity contribution is 5.87. The van der Waals surface area contributed by atoms with E-state index in [0.29, 0.717) is 13.1 Å². The molecule has 1 unspecified atom stereocenters. The zero-order valence-corrected chi connectivity index (χ0v) is 7.32. The van der Waals surface area contributed by atoms with Crippen molar-refractivity contribution in [1.29, 1.82) is 0 Å². The van der Waals surface area contributed by atoms with Crippen molar-refractivity contribution in [1.82, 2.24) is 15.5 Å². The summed E-state index contributed by atoms with van der Waals surface area (Å²) in [4.78, 5) is 23.1. The monoisotopic (exact) mass is 183 g/mol. The van der Waals surface area contributed by atoms with Crippen LogP contribution in [0, 0.1) is 0 Å². The van der Waals surface area contributed by atoms with Crippen LogP contribution in [0.2, 0.25) is 0 Å². The van der Waals surface area contributed by atoms with Gasteiger partial charge in [0.15, 0.2) is 0 Å². The normalized spacial score (nSPS) is 22.2. The van der Waals surface area contributed by atoms with Gasteiger partial charge in [-0.25, -0.2) is 0 Å². The van der Waals surface area contributed by atoms with Crippen LogP contribution in [-0.4, -0.2) is 43.0 Å². The Morgan fingerprint density at radius 3 is 3.08 bits per heavy atom. The highest BCUT2D eigenvalue weighted by atomic mass is 16.2. The number of amides is 2. The molecule has 0 spiro atoms. The van der Waals surface area contributed by atoms with Crippen molar-refractivity contribution in [2.45, 2.75) is 6.17 Å². The molecule has 1 saturated heterocycles. The van der Waals surface area contributed by atoms with Gasteiger partial charge in [-0.1, -0.05) is 6.58 Å². The van der Waals surface area contributed by atoms with Crippen LogP contribution in [-0.2, 0) is 9.59 Å². The van der Waals surface area contributed by atoms with Crippen LogP contribution in [0.4, 0.5) is 0 Å². The minimum Gasteiger partial charge on any atom is -0.331 e. The Balaban J connectivity index is 2.49. The van der Waals surface area contributed by atoms with E-state index in [1.807, 2.05) is 0 Å². The predicted molar refractivity (Wildman–Crippen MR) is 47.8 cm³/mol. The predicted octanol–water partition coefficient (Wildman–Crippen LogP) is -1.32. The number of nitrogens with one attached hydrogen (secondary N) is 2. The number of hydrogen-bond acceptors (Lipinski definition) is 3. The molecule has 0 aromatic rings. The van der Waals surface area contributed by atoms with Crippen molar-refractivity contribution < 1.29 is 9.59 Å². The van der Waals surface area contributed by atoms with Gasteiger partial charge in [0.2, 0.25) is 12.3 Å². The van der Waals surface area contributed by atoms with Gasteiger partial charge in [0.25, 0.3) is 0 Å². The smallest absolute Gasteiger partial charge is 0.245 e. The summed E-state index contributed by atoms with van der Waals surface area (Å²) < 4.78 is 0. The summed E-state index contributed by atoms with van der Waals surface area (Å²) in [5.41, 5.74) is 0. The Kier molecular flexibility index (Phi) is 3.45. The summed E-state index contributed by atoms with van der Waals surface area (Å²) in [6, 6.07) is 0. The Morgan fingerprint density at radius 1 is 1.69 bits per heavy atom. The van der Waals surface area contributed by atoms with Crippen LogP contribution >= 0.6 is 0 Å². The second kappa shape index (κ2) is 4.61. The molecule has 1 aliphatic heterocycles. The topological polar surface area (TPSA) is 61.4 Å². The first-order chi connectivity index (χ1) is 6.27. The molecule has 0 radical (unpaired) electrons. The van der Waals surface area contributed by atoms with Crippen molar-refractivity contribution >= 4 is 12.3 Å². The van der Waals surface area contributed by atoms with Gasteiger partial charge in [0.05, 0.1) is 0 Å². The Hall–Kier alpha value is -1.36. The molecule has 0 bridgehead atoms. The molecule has 1 rings (SSSR count). The average molecular weight is 183 g/mol. The second-order valence-corrected chi connectivity index (χ2v) is 2.78. The largest absolute Gasteiger partial charge is 0.331 e. The van der Waals surface area contributed by atoms with Gasteiger partial charge < -0.3 is 15.5 Å². The Bertz CT molecular complexity index is 217. The number of carbonyl (C=O) groups is 2. The van der Waals surface area contributed by atoms with E-state index in [1.54, 1.807) is 4.90 Å².